The molecule has 0 fully saturated rings. The molecule has 24 heavy (non-hydrogen) atoms. The van der Waals surface area contributed by atoms with Crippen LogP contribution in [0, 0.1) is 5.82 Å². The van der Waals surface area contributed by atoms with Gasteiger partial charge in [-0.15, -0.1) is 11.8 Å². The van der Waals surface area contributed by atoms with Crippen molar-refractivity contribution in [3.8, 4) is 5.75 Å². The van der Waals surface area contributed by atoms with Crippen molar-refractivity contribution >= 4 is 21.8 Å². The minimum Gasteiger partial charge on any atom is -0.495 e. The van der Waals surface area contributed by atoms with E-state index in [0.29, 0.717) is 5.56 Å². The second-order valence-corrected chi connectivity index (χ2v) is 7.55. The van der Waals surface area contributed by atoms with Gasteiger partial charge in [-0.05, 0) is 42.2 Å². The molecule has 1 unspecified atom stereocenters. The largest absolute Gasteiger partial charge is 0.495 e. The van der Waals surface area contributed by atoms with Gasteiger partial charge in [-0.3, -0.25) is 0 Å². The van der Waals surface area contributed by atoms with E-state index < -0.39 is 21.9 Å². The predicted octanol–water partition coefficient (Wildman–Crippen LogP) is 2.57. The van der Waals surface area contributed by atoms with E-state index in [1.54, 1.807) is 23.9 Å². The maximum atomic E-state index is 13.3. The van der Waals surface area contributed by atoms with Gasteiger partial charge in [-0.2, -0.15) is 0 Å². The third-order valence-corrected chi connectivity index (χ3v) is 5.57. The summed E-state index contributed by atoms with van der Waals surface area (Å²) in [5, 5.41) is 10.1. The predicted molar refractivity (Wildman–Crippen MR) is 91.3 cm³/mol. The van der Waals surface area contributed by atoms with Crippen molar-refractivity contribution in [2.24, 2.45) is 0 Å². The number of methoxy groups -OCH3 is 1. The second kappa shape index (κ2) is 7.98. The lowest BCUT2D eigenvalue weighted by atomic mass is 10.1. The van der Waals surface area contributed by atoms with Crippen LogP contribution in [-0.2, 0) is 10.0 Å². The van der Waals surface area contributed by atoms with Gasteiger partial charge in [-0.1, -0.05) is 12.1 Å². The van der Waals surface area contributed by atoms with E-state index in [9.17, 15) is 17.9 Å². The van der Waals surface area contributed by atoms with Gasteiger partial charge in [-0.25, -0.2) is 17.5 Å². The monoisotopic (exact) mass is 371 g/mol. The Hall–Kier alpha value is -1.61. The zero-order valence-corrected chi connectivity index (χ0v) is 14.8. The lowest BCUT2D eigenvalue weighted by molar-refractivity contribution is 0.182. The van der Waals surface area contributed by atoms with Gasteiger partial charge in [0.15, 0.2) is 0 Å². The number of aliphatic hydroxyl groups is 1. The van der Waals surface area contributed by atoms with Gasteiger partial charge < -0.3 is 9.84 Å². The molecule has 0 heterocycles. The van der Waals surface area contributed by atoms with Crippen LogP contribution in [0.2, 0.25) is 0 Å². The van der Waals surface area contributed by atoms with Crippen LogP contribution in [0.4, 0.5) is 4.39 Å². The molecule has 0 saturated carbocycles. The molecule has 0 bridgehead atoms. The van der Waals surface area contributed by atoms with Crippen LogP contribution in [0.25, 0.3) is 0 Å². The van der Waals surface area contributed by atoms with E-state index in [2.05, 4.69) is 4.72 Å². The minimum absolute atomic E-state index is 0.0303. The van der Waals surface area contributed by atoms with E-state index in [-0.39, 0.29) is 17.2 Å². The summed E-state index contributed by atoms with van der Waals surface area (Å²) in [6.45, 7) is -0.236. The van der Waals surface area contributed by atoms with E-state index in [1.807, 2.05) is 18.4 Å². The van der Waals surface area contributed by atoms with Crippen LogP contribution in [0.1, 0.15) is 11.7 Å². The van der Waals surface area contributed by atoms with Gasteiger partial charge in [0, 0.05) is 11.4 Å². The van der Waals surface area contributed by atoms with Crippen LogP contribution >= 0.6 is 11.8 Å². The molecule has 0 spiro atoms. The lowest BCUT2D eigenvalue weighted by Crippen LogP contribution is -2.29. The normalized spacial score (nSPS) is 12.8. The number of thioether (sulfide) groups is 1. The number of halogens is 1. The third-order valence-electron chi connectivity index (χ3n) is 3.38. The van der Waals surface area contributed by atoms with Gasteiger partial charge in [0.25, 0.3) is 0 Å². The maximum Gasteiger partial charge on any atom is 0.244 e. The lowest BCUT2D eigenvalue weighted by Gasteiger charge is -2.14. The highest BCUT2D eigenvalue weighted by Crippen LogP contribution is 2.25. The number of nitrogens with one attached hydrogen (secondary N) is 1. The van der Waals surface area contributed by atoms with Crippen LogP contribution in [-0.4, -0.2) is 33.4 Å². The Balaban J connectivity index is 2.13. The minimum atomic E-state index is -4.02. The highest BCUT2D eigenvalue weighted by Gasteiger charge is 2.21. The molecular formula is C16H18FNO4S2. The van der Waals surface area contributed by atoms with Crippen molar-refractivity contribution in [1.82, 2.24) is 4.72 Å². The maximum absolute atomic E-state index is 13.3. The number of rotatable bonds is 7. The first kappa shape index (κ1) is 18.7. The molecule has 0 aliphatic rings. The molecule has 1 atom stereocenters. The van der Waals surface area contributed by atoms with Crippen molar-refractivity contribution < 1.29 is 22.7 Å². The Bertz CT molecular complexity index is 794. The average molecular weight is 371 g/mol. The molecule has 2 aromatic rings. The number of hydrogen-bond acceptors (Lipinski definition) is 5. The summed E-state index contributed by atoms with van der Waals surface area (Å²) in [4.78, 5) is 0.728. The van der Waals surface area contributed by atoms with Crippen LogP contribution in [0.5, 0.6) is 5.75 Å². The molecular weight excluding hydrogens is 353 g/mol. The number of aliphatic hydroxyl groups excluding tert-OH is 1. The summed E-state index contributed by atoms with van der Waals surface area (Å²) in [5.41, 5.74) is 0.585. The van der Waals surface area contributed by atoms with Gasteiger partial charge in [0.05, 0.1) is 13.2 Å². The molecule has 5 nitrogen and oxygen atoms in total. The second-order valence-electron chi connectivity index (χ2n) is 4.94. The highest BCUT2D eigenvalue weighted by molar-refractivity contribution is 7.98. The molecule has 0 radical (unpaired) electrons. The van der Waals surface area contributed by atoms with E-state index >= 15 is 0 Å². The molecule has 0 aliphatic carbocycles. The van der Waals surface area contributed by atoms with E-state index in [4.69, 9.17) is 4.74 Å². The average Bonchev–Trinajstić information content (AvgIpc) is 2.59. The third kappa shape index (κ3) is 4.47. The molecule has 8 heteroatoms. The fourth-order valence-corrected chi connectivity index (χ4v) is 3.70. The zero-order chi connectivity index (χ0) is 17.7. The fraction of sp³-hybridized carbons (Fsp3) is 0.250. The number of benzene rings is 2. The SMILES string of the molecule is COc1ccc(F)cc1S(=O)(=O)NCC(O)c1ccc(SC)cc1. The first-order chi connectivity index (χ1) is 11.4. The van der Waals surface area contributed by atoms with Crippen LogP contribution in [0.15, 0.2) is 52.3 Å². The van der Waals surface area contributed by atoms with Crippen molar-refractivity contribution in [3.63, 3.8) is 0 Å². The summed E-state index contributed by atoms with van der Waals surface area (Å²) in [6.07, 6.45) is 0.918. The Morgan fingerprint density at radius 2 is 1.92 bits per heavy atom. The number of sulfonamides is 1. The molecule has 2 aromatic carbocycles. The Morgan fingerprint density at radius 3 is 2.50 bits per heavy atom. The molecule has 2 rings (SSSR count). The quantitative estimate of drug-likeness (QED) is 0.732. The Kier molecular flexibility index (Phi) is 6.22. The van der Waals surface area contributed by atoms with Gasteiger partial charge in [0.1, 0.15) is 16.5 Å². The summed E-state index contributed by atoms with van der Waals surface area (Å²) in [6, 6.07) is 10.4. The highest BCUT2D eigenvalue weighted by atomic mass is 32.2. The van der Waals surface area contributed by atoms with Crippen LogP contribution in [0.3, 0.4) is 0 Å². The molecule has 0 aliphatic heterocycles. The van der Waals surface area contributed by atoms with Crippen molar-refractivity contribution in [2.45, 2.75) is 15.9 Å². The first-order valence-electron chi connectivity index (χ1n) is 7.02. The van der Waals surface area contributed by atoms with Crippen molar-refractivity contribution in [2.75, 3.05) is 19.9 Å². The first-order valence-corrected chi connectivity index (χ1v) is 9.73. The summed E-state index contributed by atoms with van der Waals surface area (Å²) < 4.78 is 45.2. The molecule has 0 saturated heterocycles. The molecule has 0 aromatic heterocycles. The smallest absolute Gasteiger partial charge is 0.244 e. The van der Waals surface area contributed by atoms with Crippen LogP contribution < -0.4 is 9.46 Å². The Labute approximate surface area is 144 Å². The molecule has 0 amide bonds. The summed E-state index contributed by atoms with van der Waals surface area (Å²) in [7, 11) is -2.72. The Morgan fingerprint density at radius 1 is 1.25 bits per heavy atom. The summed E-state index contributed by atoms with van der Waals surface area (Å²) >= 11 is 1.57. The van der Waals surface area contributed by atoms with Gasteiger partial charge in [0.2, 0.25) is 10.0 Å². The van der Waals surface area contributed by atoms with Gasteiger partial charge >= 0.3 is 0 Å². The summed E-state index contributed by atoms with van der Waals surface area (Å²) in [5.74, 6) is -0.660. The van der Waals surface area contributed by atoms with E-state index in [0.717, 1.165) is 17.0 Å². The van der Waals surface area contributed by atoms with Crippen molar-refractivity contribution in [3.05, 3.63) is 53.8 Å². The van der Waals surface area contributed by atoms with E-state index in [1.165, 1.54) is 13.2 Å². The standard InChI is InChI=1S/C16H18FNO4S2/c1-22-15-8-5-12(17)9-16(15)24(20,21)18-10-14(19)11-3-6-13(23-2)7-4-11/h3-9,14,18-19H,10H2,1-2H3. The number of hydrogen-bond donors (Lipinski definition) is 2. The van der Waals surface area contributed by atoms with Crippen molar-refractivity contribution in [1.29, 1.82) is 0 Å². The topological polar surface area (TPSA) is 75.6 Å². The molecule has 2 N–H and O–H groups in total. The number of ether oxygens (including phenoxy) is 1. The molecule has 130 valence electrons. The zero-order valence-electron chi connectivity index (χ0n) is 13.2. The fourth-order valence-electron chi connectivity index (χ4n) is 2.07.